The largest absolute Gasteiger partial charge is 0.424 e. The Hall–Kier alpha value is -4.50. The molecule has 7 rings (SSSR count). The molecule has 2 N–H and O–H groups in total. The van der Waals surface area contributed by atoms with Crippen LogP contribution in [0.1, 0.15) is 13.8 Å². The third kappa shape index (κ3) is 5.07. The van der Waals surface area contributed by atoms with E-state index in [1.165, 1.54) is 70.3 Å². The van der Waals surface area contributed by atoms with E-state index in [2.05, 4.69) is 23.4 Å². The summed E-state index contributed by atoms with van der Waals surface area (Å²) in [5.41, 5.74) is 0.677. The second-order valence-electron chi connectivity index (χ2n) is 10.0. The van der Waals surface area contributed by atoms with Gasteiger partial charge in [-0.25, -0.2) is 9.36 Å². The number of benzene rings is 3. The number of hydrogen-bond acceptors (Lipinski definition) is 10. The summed E-state index contributed by atoms with van der Waals surface area (Å²) in [5.74, 6) is -0.607. The zero-order valence-corrected chi connectivity index (χ0v) is 27.4. The van der Waals surface area contributed by atoms with Crippen LogP contribution in [0.2, 0.25) is 0 Å². The summed E-state index contributed by atoms with van der Waals surface area (Å²) in [6.45, 7) is 10.7. The van der Waals surface area contributed by atoms with Crippen LogP contribution >= 0.6 is 47.0 Å². The number of nitrogens with zero attached hydrogens (tertiary/aromatic N) is 2. The summed E-state index contributed by atoms with van der Waals surface area (Å²) in [7, 11) is 0. The Morgan fingerprint density at radius 2 is 0.935 bits per heavy atom. The van der Waals surface area contributed by atoms with E-state index >= 15 is 0 Å². The summed E-state index contributed by atoms with van der Waals surface area (Å²) in [5, 5.41) is 7.58. The van der Waals surface area contributed by atoms with Crippen LogP contribution < -0.4 is 41.7 Å². The summed E-state index contributed by atoms with van der Waals surface area (Å²) in [6.07, 6.45) is 0. The molecule has 46 heavy (non-hydrogen) atoms. The minimum atomic E-state index is -0.556. The van der Waals surface area contributed by atoms with Crippen molar-refractivity contribution in [2.75, 3.05) is 0 Å². The molecule has 0 atom stereocenters. The van der Waals surface area contributed by atoms with E-state index in [9.17, 15) is 19.2 Å². The van der Waals surface area contributed by atoms with Gasteiger partial charge in [0.25, 0.3) is 11.1 Å². The quantitative estimate of drug-likeness (QED) is 0.215. The first kappa shape index (κ1) is 30.2. The molecule has 14 heteroatoms. The minimum absolute atomic E-state index is 0.252. The van der Waals surface area contributed by atoms with Crippen LogP contribution in [0.3, 0.4) is 0 Å². The van der Waals surface area contributed by atoms with Crippen molar-refractivity contribution in [2.24, 2.45) is 0 Å². The van der Waals surface area contributed by atoms with E-state index in [1.54, 1.807) is 24.3 Å². The van der Waals surface area contributed by atoms with Crippen molar-refractivity contribution in [1.82, 2.24) is 19.6 Å². The van der Waals surface area contributed by atoms with Crippen LogP contribution in [-0.4, -0.2) is 31.5 Å². The lowest BCUT2D eigenvalue weighted by atomic mass is 10.3. The Labute approximate surface area is 276 Å². The van der Waals surface area contributed by atoms with E-state index in [-0.39, 0.29) is 22.6 Å². The Morgan fingerprint density at radius 1 is 0.609 bits per heavy atom. The van der Waals surface area contributed by atoms with E-state index in [0.717, 1.165) is 0 Å². The predicted molar refractivity (Wildman–Crippen MR) is 182 cm³/mol. The summed E-state index contributed by atoms with van der Waals surface area (Å²) in [6, 6.07) is 18.2. The SMILES string of the molecule is C=c1[nH]n(-c2ccccc2)c(=O)c1=C1Sc2c(OC(C)=O)c3c(c(OC(C)=O)c2S1)SC(=c1c(=C)[nH]n(-c2ccccc2)c1=O)S3. The highest BCUT2D eigenvalue weighted by molar-refractivity contribution is 8.33. The number of rotatable bonds is 4. The van der Waals surface area contributed by atoms with Crippen molar-refractivity contribution in [3.63, 3.8) is 0 Å². The second kappa shape index (κ2) is 11.7. The molecule has 3 aromatic carbocycles. The van der Waals surface area contributed by atoms with Gasteiger partial charge in [-0.3, -0.25) is 29.4 Å². The number of ether oxygens (including phenoxy) is 2. The number of esters is 2. The molecule has 230 valence electrons. The molecule has 2 aliphatic rings. The first-order chi connectivity index (χ1) is 22.1. The van der Waals surface area contributed by atoms with Gasteiger partial charge in [0, 0.05) is 13.8 Å². The zero-order chi connectivity index (χ0) is 32.3. The number of carbonyl (C=O) groups excluding carboxylic acids is 2. The van der Waals surface area contributed by atoms with Gasteiger partial charge < -0.3 is 9.47 Å². The number of para-hydroxylation sites is 2. The number of carbonyl (C=O) groups is 2. The van der Waals surface area contributed by atoms with Gasteiger partial charge in [0.15, 0.2) is 11.5 Å². The van der Waals surface area contributed by atoms with Crippen molar-refractivity contribution >= 4 is 80.6 Å². The Morgan fingerprint density at radius 3 is 1.24 bits per heavy atom. The highest BCUT2D eigenvalue weighted by Gasteiger charge is 2.39. The van der Waals surface area contributed by atoms with Crippen LogP contribution in [0.4, 0.5) is 0 Å². The van der Waals surface area contributed by atoms with Crippen LogP contribution in [0.5, 0.6) is 11.5 Å². The molecule has 2 aliphatic heterocycles. The Balaban J connectivity index is 1.43. The first-order valence-corrected chi connectivity index (χ1v) is 16.9. The summed E-state index contributed by atoms with van der Waals surface area (Å²) < 4.78 is 15.6. The molecule has 2 aromatic heterocycles. The average Bonchev–Trinajstić information content (AvgIpc) is 3.79. The van der Waals surface area contributed by atoms with Crippen LogP contribution in [0.25, 0.3) is 33.0 Å². The van der Waals surface area contributed by atoms with E-state index in [4.69, 9.17) is 9.47 Å². The third-order valence-electron chi connectivity index (χ3n) is 6.88. The van der Waals surface area contributed by atoms with Crippen molar-refractivity contribution < 1.29 is 19.1 Å². The first-order valence-electron chi connectivity index (χ1n) is 13.6. The smallest absolute Gasteiger partial charge is 0.308 e. The molecular weight excluding hydrogens is 665 g/mol. The van der Waals surface area contributed by atoms with Crippen molar-refractivity contribution in [3.8, 4) is 22.9 Å². The molecule has 0 bridgehead atoms. The number of hydrogen-bond donors (Lipinski definition) is 2. The van der Waals surface area contributed by atoms with Gasteiger partial charge in [0.2, 0.25) is 0 Å². The Bertz CT molecular complexity index is 2250. The van der Waals surface area contributed by atoms with Gasteiger partial charge >= 0.3 is 11.9 Å². The predicted octanol–water partition coefficient (Wildman–Crippen LogP) is 3.24. The zero-order valence-electron chi connectivity index (χ0n) is 24.2. The fourth-order valence-electron chi connectivity index (χ4n) is 4.98. The molecule has 4 heterocycles. The molecule has 0 amide bonds. The van der Waals surface area contributed by atoms with Gasteiger partial charge in [-0.15, -0.1) is 0 Å². The lowest BCUT2D eigenvalue weighted by Crippen LogP contribution is -2.35. The normalized spacial score (nSPS) is 13.5. The topological polar surface area (TPSA) is 128 Å². The fraction of sp³-hybridized carbons (Fsp3) is 0.0625. The van der Waals surface area contributed by atoms with E-state index < -0.39 is 11.9 Å². The van der Waals surface area contributed by atoms with Gasteiger partial charge in [0.1, 0.15) is 0 Å². The summed E-state index contributed by atoms with van der Waals surface area (Å²) >= 11 is 4.91. The lowest BCUT2D eigenvalue weighted by molar-refractivity contribution is -0.133. The van der Waals surface area contributed by atoms with Crippen molar-refractivity contribution in [3.05, 3.63) is 103 Å². The average molecular weight is 687 g/mol. The number of thioether (sulfide) groups is 4. The Kier molecular flexibility index (Phi) is 7.67. The number of H-pyrrole nitrogens is 2. The summed E-state index contributed by atoms with van der Waals surface area (Å²) in [4.78, 5) is 54.2. The third-order valence-corrected chi connectivity index (χ3v) is 12.1. The standard InChI is InChI=1S/C32H22N4O6S4/c1-15-21(29(39)35(33-15)19-11-7-5-8-12-19)31-43-25-23(41-17(3)37)27-28(24(26(25)44-31)42-18(4)38)46-32(45-27)22-16(2)34-36(30(22)40)20-13-9-6-10-14-20/h5-14,33-34H,1-2H2,3-4H3. The van der Waals surface area contributed by atoms with E-state index in [0.29, 0.717) is 60.6 Å². The second-order valence-corrected chi connectivity index (χ2v) is 14.6. The molecule has 0 saturated heterocycles. The molecule has 0 aliphatic carbocycles. The van der Waals surface area contributed by atoms with Gasteiger partial charge in [0.05, 0.1) is 60.6 Å². The maximum atomic E-state index is 13.6. The molecule has 0 spiro atoms. The molecular formula is C32H22N4O6S4. The van der Waals surface area contributed by atoms with Gasteiger partial charge in [-0.05, 0) is 24.3 Å². The maximum absolute atomic E-state index is 13.6. The molecule has 0 fully saturated rings. The van der Waals surface area contributed by atoms with Crippen molar-refractivity contribution in [1.29, 1.82) is 0 Å². The lowest BCUT2D eigenvalue weighted by Gasteiger charge is -2.15. The number of aromatic amines is 2. The van der Waals surface area contributed by atoms with Crippen LogP contribution in [-0.2, 0) is 9.59 Å². The molecule has 0 radical (unpaired) electrons. The highest BCUT2D eigenvalue weighted by atomic mass is 32.2. The van der Waals surface area contributed by atoms with Crippen molar-refractivity contribution in [2.45, 2.75) is 33.4 Å². The fourth-order valence-corrected chi connectivity index (χ4v) is 10.6. The number of aromatic nitrogens is 4. The monoisotopic (exact) mass is 686 g/mol. The highest BCUT2D eigenvalue weighted by Crippen LogP contribution is 2.68. The molecule has 0 unspecified atom stereocenters. The molecule has 0 saturated carbocycles. The van der Waals surface area contributed by atoms with Crippen LogP contribution in [0, 0.1) is 0 Å². The minimum Gasteiger partial charge on any atom is -0.424 e. The van der Waals surface area contributed by atoms with Gasteiger partial charge in [-0.1, -0.05) is 96.6 Å². The van der Waals surface area contributed by atoms with Crippen LogP contribution in [0.15, 0.2) is 89.8 Å². The van der Waals surface area contributed by atoms with E-state index in [1.807, 2.05) is 36.4 Å². The molecule has 10 nitrogen and oxygen atoms in total. The molecule has 5 aromatic rings. The van der Waals surface area contributed by atoms with Gasteiger partial charge in [-0.2, -0.15) is 0 Å². The number of nitrogens with one attached hydrogen (secondary N) is 2. The maximum Gasteiger partial charge on any atom is 0.308 e. The number of fused-ring (bicyclic) bond motifs is 2.